The molecule has 0 bridgehead atoms. The molecule has 2 atom stereocenters. The van der Waals surface area contributed by atoms with Gasteiger partial charge in [-0.3, -0.25) is 4.21 Å². The Morgan fingerprint density at radius 2 is 2.31 bits per heavy atom. The molecule has 1 rings (SSSR count). The summed E-state index contributed by atoms with van der Waals surface area (Å²) in [6.45, 7) is 5.86. The van der Waals surface area contributed by atoms with E-state index in [1.807, 2.05) is 0 Å². The summed E-state index contributed by atoms with van der Waals surface area (Å²) in [7, 11) is 1.11. The van der Waals surface area contributed by atoms with Crippen LogP contribution in [0.15, 0.2) is 0 Å². The van der Waals surface area contributed by atoms with Crippen LogP contribution in [0, 0.1) is 0 Å². The third-order valence-electron chi connectivity index (χ3n) is 2.52. The molecule has 0 aromatic carbocycles. The van der Waals surface area contributed by atoms with E-state index in [0.717, 1.165) is 38.4 Å². The highest BCUT2D eigenvalue weighted by molar-refractivity contribution is 7.85. The second-order valence-corrected chi connectivity index (χ2v) is 5.49. The van der Waals surface area contributed by atoms with Crippen molar-refractivity contribution >= 4 is 10.8 Å². The van der Waals surface area contributed by atoms with E-state index in [1.54, 1.807) is 7.11 Å². The monoisotopic (exact) mass is 205 g/mol. The zero-order valence-corrected chi connectivity index (χ0v) is 9.31. The lowest BCUT2D eigenvalue weighted by Crippen LogP contribution is -2.29. The molecule has 0 aromatic rings. The maximum absolute atomic E-state index is 11.5. The van der Waals surface area contributed by atoms with E-state index < -0.39 is 10.8 Å². The fraction of sp³-hybridized carbons (Fsp3) is 1.00. The number of rotatable bonds is 3. The summed E-state index contributed by atoms with van der Waals surface area (Å²) in [5.74, 6) is 0.824. The van der Waals surface area contributed by atoms with E-state index in [0.29, 0.717) is 5.25 Å². The highest BCUT2D eigenvalue weighted by atomic mass is 32.2. The van der Waals surface area contributed by atoms with Crippen LogP contribution in [0.4, 0.5) is 0 Å². The quantitative estimate of drug-likeness (QED) is 0.671. The predicted octanol–water partition coefficient (Wildman–Crippen LogP) is 0.476. The minimum atomic E-state index is -0.611. The first-order valence-electron chi connectivity index (χ1n) is 4.82. The summed E-state index contributed by atoms with van der Waals surface area (Å²) in [4.78, 5) is 2.34. The van der Waals surface area contributed by atoms with Crippen molar-refractivity contribution in [2.24, 2.45) is 0 Å². The van der Waals surface area contributed by atoms with Crippen LogP contribution in [-0.4, -0.2) is 53.5 Å². The van der Waals surface area contributed by atoms with Crippen LogP contribution >= 0.6 is 0 Å². The maximum atomic E-state index is 11.5. The van der Waals surface area contributed by atoms with E-state index in [-0.39, 0.29) is 0 Å². The van der Waals surface area contributed by atoms with Crippen molar-refractivity contribution in [2.45, 2.75) is 18.6 Å². The maximum Gasteiger partial charge on any atom is 0.0589 e. The molecule has 1 aliphatic rings. The Kier molecular flexibility index (Phi) is 4.91. The predicted molar refractivity (Wildman–Crippen MR) is 55.4 cm³/mol. The van der Waals surface area contributed by atoms with Gasteiger partial charge in [0.15, 0.2) is 0 Å². The third kappa shape index (κ3) is 3.75. The molecule has 1 aliphatic heterocycles. The number of methoxy groups -OCH3 is 1. The fourth-order valence-corrected chi connectivity index (χ4v) is 2.68. The first-order valence-corrected chi connectivity index (χ1v) is 6.20. The third-order valence-corrected chi connectivity index (χ3v) is 4.24. The summed E-state index contributed by atoms with van der Waals surface area (Å²) in [6, 6.07) is 0. The molecule has 0 aromatic heterocycles. The zero-order valence-electron chi connectivity index (χ0n) is 8.49. The van der Waals surface area contributed by atoms with Crippen molar-refractivity contribution in [1.82, 2.24) is 4.90 Å². The van der Waals surface area contributed by atoms with Gasteiger partial charge in [-0.1, -0.05) is 6.92 Å². The summed E-state index contributed by atoms with van der Waals surface area (Å²) < 4.78 is 16.5. The second kappa shape index (κ2) is 5.73. The van der Waals surface area contributed by atoms with Crippen molar-refractivity contribution < 1.29 is 8.95 Å². The van der Waals surface area contributed by atoms with Gasteiger partial charge in [-0.2, -0.15) is 0 Å². The van der Waals surface area contributed by atoms with Gasteiger partial charge in [0.2, 0.25) is 0 Å². The molecule has 0 radical (unpaired) electrons. The fourth-order valence-electron chi connectivity index (χ4n) is 1.47. The van der Waals surface area contributed by atoms with Crippen molar-refractivity contribution in [3.05, 3.63) is 0 Å². The van der Waals surface area contributed by atoms with Crippen LogP contribution in [0.3, 0.4) is 0 Å². The van der Waals surface area contributed by atoms with Crippen molar-refractivity contribution in [3.8, 4) is 0 Å². The minimum absolute atomic E-state index is 0.368. The Morgan fingerprint density at radius 1 is 1.54 bits per heavy atom. The Balaban J connectivity index is 2.31. The Hall–Kier alpha value is 0.0700. The molecule has 13 heavy (non-hydrogen) atoms. The number of hydrogen-bond acceptors (Lipinski definition) is 3. The summed E-state index contributed by atoms with van der Waals surface area (Å²) in [5.41, 5.74) is 0. The molecular formula is C9H19NO2S. The molecule has 0 N–H and O–H groups in total. The average Bonchev–Trinajstić information content (AvgIpc) is 2.29. The molecule has 0 spiro atoms. The zero-order chi connectivity index (χ0) is 9.68. The molecule has 3 nitrogen and oxygen atoms in total. The largest absolute Gasteiger partial charge is 0.383 e. The summed E-state index contributed by atoms with van der Waals surface area (Å²) in [5, 5.41) is 0.368. The number of hydrogen-bond donors (Lipinski definition) is 0. The van der Waals surface area contributed by atoms with E-state index in [9.17, 15) is 4.21 Å². The van der Waals surface area contributed by atoms with Crippen LogP contribution in [0.2, 0.25) is 0 Å². The van der Waals surface area contributed by atoms with Crippen molar-refractivity contribution in [3.63, 3.8) is 0 Å². The first-order chi connectivity index (χ1) is 6.24. The van der Waals surface area contributed by atoms with E-state index in [4.69, 9.17) is 4.74 Å². The van der Waals surface area contributed by atoms with Gasteiger partial charge in [0.1, 0.15) is 0 Å². The van der Waals surface area contributed by atoms with Crippen LogP contribution in [0.5, 0.6) is 0 Å². The topological polar surface area (TPSA) is 29.5 Å². The van der Waals surface area contributed by atoms with Crippen LogP contribution in [0.25, 0.3) is 0 Å². The summed E-state index contributed by atoms with van der Waals surface area (Å²) >= 11 is 0. The highest BCUT2D eigenvalue weighted by Crippen LogP contribution is 2.08. The molecule has 2 unspecified atom stereocenters. The van der Waals surface area contributed by atoms with Gasteiger partial charge in [0.05, 0.1) is 6.61 Å². The number of ether oxygens (including phenoxy) is 1. The van der Waals surface area contributed by atoms with Crippen LogP contribution in [-0.2, 0) is 15.5 Å². The summed E-state index contributed by atoms with van der Waals surface area (Å²) in [6.07, 6.45) is 1.05. The van der Waals surface area contributed by atoms with Gasteiger partial charge < -0.3 is 9.64 Å². The normalized spacial score (nSPS) is 31.5. The molecule has 1 fully saturated rings. The van der Waals surface area contributed by atoms with Gasteiger partial charge in [0, 0.05) is 42.0 Å². The van der Waals surface area contributed by atoms with Crippen molar-refractivity contribution in [2.75, 3.05) is 39.1 Å². The van der Waals surface area contributed by atoms with Gasteiger partial charge in [-0.25, -0.2) is 0 Å². The van der Waals surface area contributed by atoms with Gasteiger partial charge in [-0.15, -0.1) is 0 Å². The van der Waals surface area contributed by atoms with E-state index in [1.165, 1.54) is 0 Å². The highest BCUT2D eigenvalue weighted by Gasteiger charge is 2.18. The molecule has 78 valence electrons. The minimum Gasteiger partial charge on any atom is -0.383 e. The second-order valence-electron chi connectivity index (χ2n) is 3.52. The number of nitrogens with zero attached hydrogens (tertiary/aromatic N) is 1. The lowest BCUT2D eigenvalue weighted by molar-refractivity contribution is 0.152. The lowest BCUT2D eigenvalue weighted by atomic mass is 10.3. The molecule has 1 saturated heterocycles. The standard InChI is InChI=1S/C9H19NO2S/c1-9-3-4-10(5-7-12-2)6-8-13(9)11/h9H,3-8H2,1-2H3. The van der Waals surface area contributed by atoms with Gasteiger partial charge in [0.25, 0.3) is 0 Å². The molecule has 4 heteroatoms. The SMILES string of the molecule is COCCN1CCC(C)S(=O)CC1. The molecular weight excluding hydrogens is 186 g/mol. The lowest BCUT2D eigenvalue weighted by Gasteiger charge is -2.18. The van der Waals surface area contributed by atoms with Gasteiger partial charge >= 0.3 is 0 Å². The van der Waals surface area contributed by atoms with E-state index >= 15 is 0 Å². The molecule has 0 aliphatic carbocycles. The van der Waals surface area contributed by atoms with Crippen LogP contribution < -0.4 is 0 Å². The van der Waals surface area contributed by atoms with E-state index in [2.05, 4.69) is 11.8 Å². The van der Waals surface area contributed by atoms with Gasteiger partial charge in [-0.05, 0) is 13.0 Å². The van der Waals surface area contributed by atoms with Crippen LogP contribution in [0.1, 0.15) is 13.3 Å². The molecule has 0 amide bonds. The first kappa shape index (κ1) is 11.1. The molecule has 0 saturated carbocycles. The Morgan fingerprint density at radius 3 is 3.00 bits per heavy atom. The molecule has 1 heterocycles. The van der Waals surface area contributed by atoms with Crippen molar-refractivity contribution in [1.29, 1.82) is 0 Å². The Labute approximate surface area is 82.9 Å². The Bertz CT molecular complexity index is 175. The smallest absolute Gasteiger partial charge is 0.0589 e. The average molecular weight is 205 g/mol.